The van der Waals surface area contributed by atoms with Crippen LogP contribution in [0.15, 0.2) is 114 Å². The molecule has 3 aromatic carbocycles. The predicted molar refractivity (Wildman–Crippen MR) is 149 cm³/mol. The summed E-state index contributed by atoms with van der Waals surface area (Å²) in [7, 11) is 0. The summed E-state index contributed by atoms with van der Waals surface area (Å²) < 4.78 is 5.36. The number of benzene rings is 3. The number of imidazole rings is 1. The molecule has 1 N–H and O–H groups in total. The topological polar surface area (TPSA) is 64.2 Å². The molecule has 38 heavy (non-hydrogen) atoms. The fraction of sp³-hybridized carbons (Fsp3) is 0.161. The Hall–Kier alpha value is -4.62. The van der Waals surface area contributed by atoms with Crippen LogP contribution in [0.1, 0.15) is 16.1 Å². The summed E-state index contributed by atoms with van der Waals surface area (Å²) in [5.41, 5.74) is 4.29. The van der Waals surface area contributed by atoms with Crippen molar-refractivity contribution in [2.45, 2.75) is 6.54 Å². The van der Waals surface area contributed by atoms with Crippen molar-refractivity contribution in [3.63, 3.8) is 0 Å². The molecule has 7 heteroatoms. The smallest absolute Gasteiger partial charge is 0.334 e. The zero-order valence-corrected chi connectivity index (χ0v) is 21.0. The minimum Gasteiger partial charge on any atom is -0.335 e. The Bertz CT molecular complexity index is 1600. The Kier molecular flexibility index (Phi) is 6.50. The number of nitrogens with one attached hydrogen (secondary N) is 1. The van der Waals surface area contributed by atoms with E-state index in [-0.39, 0.29) is 18.1 Å². The summed E-state index contributed by atoms with van der Waals surface area (Å²) in [6.45, 7) is 2.94. The molecule has 7 nitrogen and oxygen atoms in total. The van der Waals surface area contributed by atoms with Gasteiger partial charge in [0.05, 0.1) is 17.9 Å². The molecule has 1 aliphatic rings. The van der Waals surface area contributed by atoms with Crippen molar-refractivity contribution in [1.82, 2.24) is 23.9 Å². The Labute approximate surface area is 221 Å². The van der Waals surface area contributed by atoms with Crippen molar-refractivity contribution in [3.05, 3.63) is 131 Å². The van der Waals surface area contributed by atoms with Crippen LogP contribution in [0.4, 0.5) is 0 Å². The molecule has 2 aromatic heterocycles. The Balaban J connectivity index is 1.57. The third kappa shape index (κ3) is 4.48. The molecule has 0 atom stereocenters. The molecule has 0 unspecified atom stereocenters. The van der Waals surface area contributed by atoms with Gasteiger partial charge in [0, 0.05) is 49.8 Å². The van der Waals surface area contributed by atoms with Crippen LogP contribution in [0, 0.1) is 0 Å². The van der Waals surface area contributed by atoms with E-state index in [1.54, 1.807) is 9.13 Å². The van der Waals surface area contributed by atoms with E-state index in [9.17, 15) is 9.59 Å². The van der Waals surface area contributed by atoms with E-state index in [0.29, 0.717) is 24.5 Å². The van der Waals surface area contributed by atoms with Crippen molar-refractivity contribution in [3.8, 4) is 22.6 Å². The number of para-hydroxylation sites is 1. The lowest BCUT2D eigenvalue weighted by molar-refractivity contribution is 0.0726. The van der Waals surface area contributed by atoms with E-state index in [4.69, 9.17) is 0 Å². The number of carbonyl (C=O) groups is 1. The molecule has 3 heterocycles. The van der Waals surface area contributed by atoms with Crippen LogP contribution in [0.5, 0.6) is 0 Å². The average molecular weight is 504 g/mol. The van der Waals surface area contributed by atoms with Gasteiger partial charge in [-0.25, -0.2) is 4.79 Å². The zero-order valence-electron chi connectivity index (χ0n) is 21.0. The maximum atomic E-state index is 14.2. The van der Waals surface area contributed by atoms with Gasteiger partial charge in [0.25, 0.3) is 5.91 Å². The SMILES string of the molecule is O=C(c1c(-c2ccccc2)n(-c2ccccc2)c(=O)n1Cc1cccc(-n2cccc2)c1)N1CCNCC1. The molecule has 1 fully saturated rings. The molecule has 5 aromatic rings. The van der Waals surface area contributed by atoms with Gasteiger partial charge in [-0.1, -0.05) is 60.7 Å². The van der Waals surface area contributed by atoms with Gasteiger partial charge in [-0.05, 0) is 42.0 Å². The molecule has 190 valence electrons. The second kappa shape index (κ2) is 10.4. The standard InChI is InChI=1S/C31H29N5O2/c37-30(34-20-16-32-17-21-34)29-28(25-11-3-1-4-12-25)36(26-13-5-2-6-14-26)31(38)35(29)23-24-10-9-15-27(22-24)33-18-7-8-19-33/h1-15,18-19,22,32H,16-17,20-21,23H2. The maximum Gasteiger partial charge on any atom is 0.334 e. The molecule has 1 amide bonds. The van der Waals surface area contributed by atoms with Gasteiger partial charge in [-0.15, -0.1) is 0 Å². The summed E-state index contributed by atoms with van der Waals surface area (Å²) in [6.07, 6.45) is 3.98. The lowest BCUT2D eigenvalue weighted by Gasteiger charge is -2.28. The van der Waals surface area contributed by atoms with Gasteiger partial charge < -0.3 is 14.8 Å². The zero-order chi connectivity index (χ0) is 25.9. The summed E-state index contributed by atoms with van der Waals surface area (Å²) >= 11 is 0. The van der Waals surface area contributed by atoms with Crippen LogP contribution in [-0.4, -0.2) is 50.7 Å². The lowest BCUT2D eigenvalue weighted by Crippen LogP contribution is -2.47. The van der Waals surface area contributed by atoms with Crippen LogP contribution in [0.25, 0.3) is 22.6 Å². The maximum absolute atomic E-state index is 14.2. The van der Waals surface area contributed by atoms with Crippen molar-refractivity contribution in [2.24, 2.45) is 0 Å². The molecule has 0 spiro atoms. The number of rotatable bonds is 6. The fourth-order valence-corrected chi connectivity index (χ4v) is 5.11. The van der Waals surface area contributed by atoms with Gasteiger partial charge in [-0.2, -0.15) is 0 Å². The molecule has 0 radical (unpaired) electrons. The summed E-state index contributed by atoms with van der Waals surface area (Å²) in [5.74, 6) is -0.126. The quantitative estimate of drug-likeness (QED) is 0.378. The summed E-state index contributed by atoms with van der Waals surface area (Å²) in [5, 5.41) is 3.31. The highest BCUT2D eigenvalue weighted by Crippen LogP contribution is 2.28. The molecule has 0 saturated carbocycles. The minimum absolute atomic E-state index is 0.126. The fourth-order valence-electron chi connectivity index (χ4n) is 5.11. The number of carbonyl (C=O) groups excluding carboxylic acids is 1. The highest BCUT2D eigenvalue weighted by atomic mass is 16.2. The van der Waals surface area contributed by atoms with Crippen LogP contribution in [0.2, 0.25) is 0 Å². The number of hydrogen-bond donors (Lipinski definition) is 1. The number of hydrogen-bond acceptors (Lipinski definition) is 3. The van der Waals surface area contributed by atoms with Gasteiger partial charge in [0.15, 0.2) is 0 Å². The summed E-state index contributed by atoms with van der Waals surface area (Å²) in [6, 6.07) is 31.3. The molecule has 1 saturated heterocycles. The Morgan fingerprint density at radius 2 is 1.42 bits per heavy atom. The third-order valence-electron chi connectivity index (χ3n) is 6.96. The van der Waals surface area contributed by atoms with Crippen molar-refractivity contribution in [1.29, 1.82) is 0 Å². The lowest BCUT2D eigenvalue weighted by atomic mass is 10.1. The molecule has 0 bridgehead atoms. The van der Waals surface area contributed by atoms with Crippen molar-refractivity contribution >= 4 is 5.91 Å². The highest BCUT2D eigenvalue weighted by Gasteiger charge is 2.30. The normalized spacial score (nSPS) is 13.5. The molecule has 1 aliphatic heterocycles. The molecule has 0 aliphatic carbocycles. The number of nitrogens with zero attached hydrogens (tertiary/aromatic N) is 4. The molecule has 6 rings (SSSR count). The van der Waals surface area contributed by atoms with Crippen molar-refractivity contribution in [2.75, 3.05) is 26.2 Å². The van der Waals surface area contributed by atoms with Gasteiger partial charge in [0.2, 0.25) is 0 Å². The Morgan fingerprint density at radius 3 is 2.13 bits per heavy atom. The first-order chi connectivity index (χ1) is 18.7. The average Bonchev–Trinajstić information content (AvgIpc) is 3.62. The minimum atomic E-state index is -0.236. The van der Waals surface area contributed by atoms with Crippen LogP contribution < -0.4 is 11.0 Å². The van der Waals surface area contributed by atoms with E-state index < -0.39 is 0 Å². The van der Waals surface area contributed by atoms with E-state index >= 15 is 0 Å². The molecular weight excluding hydrogens is 474 g/mol. The number of piperazine rings is 1. The van der Waals surface area contributed by atoms with Crippen LogP contribution in [-0.2, 0) is 6.54 Å². The van der Waals surface area contributed by atoms with Crippen molar-refractivity contribution < 1.29 is 4.79 Å². The first-order valence-corrected chi connectivity index (χ1v) is 12.9. The predicted octanol–water partition coefficient (Wildman–Crippen LogP) is 4.19. The van der Waals surface area contributed by atoms with Gasteiger partial charge in [0.1, 0.15) is 5.69 Å². The van der Waals surface area contributed by atoms with E-state index in [2.05, 4.69) is 11.4 Å². The number of amides is 1. The van der Waals surface area contributed by atoms with Crippen LogP contribution >= 0.6 is 0 Å². The Morgan fingerprint density at radius 1 is 0.763 bits per heavy atom. The van der Waals surface area contributed by atoms with Gasteiger partial charge in [-0.3, -0.25) is 13.9 Å². The third-order valence-corrected chi connectivity index (χ3v) is 6.96. The molecular formula is C31H29N5O2. The second-order valence-corrected chi connectivity index (χ2v) is 9.41. The largest absolute Gasteiger partial charge is 0.335 e. The van der Waals surface area contributed by atoms with E-state index in [1.165, 1.54) is 0 Å². The van der Waals surface area contributed by atoms with Gasteiger partial charge >= 0.3 is 5.69 Å². The van der Waals surface area contributed by atoms with E-state index in [1.807, 2.05) is 113 Å². The second-order valence-electron chi connectivity index (χ2n) is 9.41. The highest BCUT2D eigenvalue weighted by molar-refractivity contribution is 5.99. The first kappa shape index (κ1) is 23.8. The monoisotopic (exact) mass is 503 g/mol. The number of aromatic nitrogens is 3. The van der Waals surface area contributed by atoms with E-state index in [0.717, 1.165) is 35.6 Å². The summed E-state index contributed by atoms with van der Waals surface area (Å²) in [4.78, 5) is 30.3. The first-order valence-electron chi connectivity index (χ1n) is 12.9. The van der Waals surface area contributed by atoms with Crippen LogP contribution in [0.3, 0.4) is 0 Å².